The van der Waals surface area contributed by atoms with E-state index >= 15 is 0 Å². The van der Waals surface area contributed by atoms with Gasteiger partial charge < -0.3 is 9.32 Å². The predicted octanol–water partition coefficient (Wildman–Crippen LogP) is 6.48. The molecule has 2 aromatic carbocycles. The van der Waals surface area contributed by atoms with Crippen molar-refractivity contribution in [3.8, 4) is 22.5 Å². The minimum Gasteiger partial charge on any atom is -0.456 e. The summed E-state index contributed by atoms with van der Waals surface area (Å²) in [6, 6.07) is 19.9. The van der Waals surface area contributed by atoms with Crippen molar-refractivity contribution in [2.75, 3.05) is 31.1 Å². The Morgan fingerprint density at radius 3 is 2.09 bits per heavy atom. The van der Waals surface area contributed by atoms with Crippen LogP contribution in [0.2, 0.25) is 0 Å². The number of hydrogen-bond donors (Lipinski definition) is 0. The molecule has 0 amide bonds. The second-order valence-corrected chi connectivity index (χ2v) is 8.45. The SMILES string of the molecule is CCN(CC)c1ccc2c(-c3c(C)cccc3C)c3ccc(=[N+](CC)CC)cc-3oc2c1. The van der Waals surface area contributed by atoms with E-state index in [1.54, 1.807) is 0 Å². The first-order chi connectivity index (χ1) is 15.5. The third kappa shape index (κ3) is 3.81. The molecule has 0 bridgehead atoms. The van der Waals surface area contributed by atoms with Crippen LogP contribution in [0.5, 0.6) is 0 Å². The van der Waals surface area contributed by atoms with Gasteiger partial charge in [-0.3, -0.25) is 0 Å². The largest absolute Gasteiger partial charge is 0.456 e. The van der Waals surface area contributed by atoms with E-state index < -0.39 is 0 Å². The second kappa shape index (κ2) is 9.20. The molecule has 32 heavy (non-hydrogen) atoms. The highest BCUT2D eigenvalue weighted by Crippen LogP contribution is 2.43. The Kier molecular flexibility index (Phi) is 6.36. The van der Waals surface area contributed by atoms with E-state index in [0.717, 1.165) is 37.5 Å². The van der Waals surface area contributed by atoms with Crippen LogP contribution in [0.4, 0.5) is 5.69 Å². The highest BCUT2D eigenvalue weighted by atomic mass is 16.3. The summed E-state index contributed by atoms with van der Waals surface area (Å²) in [5, 5.41) is 2.37. The molecule has 0 fully saturated rings. The van der Waals surface area contributed by atoms with E-state index in [0.29, 0.717) is 0 Å². The Hall–Kier alpha value is -3.07. The number of benzene rings is 3. The third-order valence-corrected chi connectivity index (χ3v) is 6.68. The molecule has 0 atom stereocenters. The average Bonchev–Trinajstić information content (AvgIpc) is 2.80. The molecule has 1 heterocycles. The summed E-state index contributed by atoms with van der Waals surface area (Å²) in [6.45, 7) is 17.1. The van der Waals surface area contributed by atoms with Crippen LogP contribution in [0.15, 0.2) is 59.0 Å². The van der Waals surface area contributed by atoms with Crippen LogP contribution in [0.3, 0.4) is 0 Å². The van der Waals surface area contributed by atoms with Gasteiger partial charge in [0.15, 0.2) is 0 Å². The standard InChI is InChI=1S/C29H35N2O/c1-7-30(8-2)22-14-16-24-26(18-22)32-27-19-23(31(9-3)10-4)15-17-25(27)29(24)28-20(5)12-11-13-21(28)6/h11-19H,7-10H2,1-6H3/q+1. The van der Waals surface area contributed by atoms with E-state index in [-0.39, 0.29) is 0 Å². The lowest BCUT2D eigenvalue weighted by Crippen LogP contribution is -2.29. The van der Waals surface area contributed by atoms with E-state index in [9.17, 15) is 0 Å². The van der Waals surface area contributed by atoms with Crippen LogP contribution < -0.4 is 14.8 Å². The molecule has 3 nitrogen and oxygen atoms in total. The first kappa shape index (κ1) is 22.1. The van der Waals surface area contributed by atoms with Gasteiger partial charge in [0.1, 0.15) is 24.4 Å². The van der Waals surface area contributed by atoms with Gasteiger partial charge in [0.2, 0.25) is 5.36 Å². The van der Waals surface area contributed by atoms with E-state index in [1.165, 1.54) is 44.2 Å². The molecule has 1 aliphatic carbocycles. The Balaban J connectivity index is 2.14. The van der Waals surface area contributed by atoms with Gasteiger partial charge in [-0.2, -0.15) is 0 Å². The number of nitrogens with zero attached hydrogens (tertiary/aromatic N) is 2. The van der Waals surface area contributed by atoms with Crippen molar-refractivity contribution in [1.82, 2.24) is 4.58 Å². The van der Waals surface area contributed by atoms with Crippen LogP contribution in [0, 0.1) is 13.8 Å². The maximum atomic E-state index is 6.59. The van der Waals surface area contributed by atoms with Gasteiger partial charge in [-0.05, 0) is 76.4 Å². The molecule has 2 aromatic rings. The summed E-state index contributed by atoms with van der Waals surface area (Å²) >= 11 is 0. The van der Waals surface area contributed by atoms with Crippen LogP contribution >= 0.6 is 0 Å². The van der Waals surface area contributed by atoms with Gasteiger partial charge >= 0.3 is 0 Å². The van der Waals surface area contributed by atoms with Gasteiger partial charge in [-0.25, -0.2) is 4.58 Å². The Morgan fingerprint density at radius 2 is 1.47 bits per heavy atom. The highest BCUT2D eigenvalue weighted by Gasteiger charge is 2.21. The van der Waals surface area contributed by atoms with Crippen molar-refractivity contribution in [1.29, 1.82) is 0 Å². The summed E-state index contributed by atoms with van der Waals surface area (Å²) in [4.78, 5) is 2.37. The lowest BCUT2D eigenvalue weighted by atomic mass is 9.88. The monoisotopic (exact) mass is 427 g/mol. The molecule has 0 spiro atoms. The number of hydrogen-bond acceptors (Lipinski definition) is 2. The fourth-order valence-corrected chi connectivity index (χ4v) is 4.92. The zero-order chi connectivity index (χ0) is 22.8. The number of rotatable bonds is 6. The van der Waals surface area contributed by atoms with Crippen molar-refractivity contribution in [2.24, 2.45) is 0 Å². The summed E-state index contributed by atoms with van der Waals surface area (Å²) < 4.78 is 8.96. The third-order valence-electron chi connectivity index (χ3n) is 6.68. The Bertz CT molecular complexity index is 1270. The van der Waals surface area contributed by atoms with Crippen LogP contribution in [-0.4, -0.2) is 26.2 Å². The maximum absolute atomic E-state index is 6.59. The molecule has 0 saturated heterocycles. The minimum absolute atomic E-state index is 0.941. The molecule has 3 heteroatoms. The number of anilines is 1. The molecule has 0 unspecified atom stereocenters. The molecule has 2 aliphatic rings. The van der Waals surface area contributed by atoms with Crippen molar-refractivity contribution in [3.05, 3.63) is 71.1 Å². The van der Waals surface area contributed by atoms with Gasteiger partial charge in [0, 0.05) is 47.4 Å². The Labute approximate surface area is 192 Å². The summed E-state index contributed by atoms with van der Waals surface area (Å²) in [5.41, 5.74) is 8.48. The van der Waals surface area contributed by atoms with Crippen molar-refractivity contribution in [3.63, 3.8) is 0 Å². The van der Waals surface area contributed by atoms with Gasteiger partial charge in [-0.15, -0.1) is 0 Å². The fraction of sp³-hybridized carbons (Fsp3) is 0.345. The summed E-state index contributed by atoms with van der Waals surface area (Å²) in [7, 11) is 0. The quantitative estimate of drug-likeness (QED) is 0.259. The molecular formula is C29H35N2O+. The van der Waals surface area contributed by atoms with Gasteiger partial charge in [-0.1, -0.05) is 18.2 Å². The normalized spacial score (nSPS) is 11.3. The van der Waals surface area contributed by atoms with E-state index in [4.69, 9.17) is 4.42 Å². The first-order valence-corrected chi connectivity index (χ1v) is 11.9. The molecule has 1 aliphatic heterocycles. The second-order valence-electron chi connectivity index (χ2n) is 8.45. The van der Waals surface area contributed by atoms with E-state index in [2.05, 4.69) is 106 Å². The van der Waals surface area contributed by atoms with Crippen LogP contribution in [0.25, 0.3) is 33.4 Å². The molecule has 0 aromatic heterocycles. The summed E-state index contributed by atoms with van der Waals surface area (Å²) in [6.07, 6.45) is 0. The number of aryl methyl sites for hydroxylation is 2. The van der Waals surface area contributed by atoms with Crippen molar-refractivity contribution >= 4 is 16.7 Å². The van der Waals surface area contributed by atoms with E-state index in [1.807, 2.05) is 0 Å². The minimum atomic E-state index is 0.941. The zero-order valence-corrected chi connectivity index (χ0v) is 20.3. The lowest BCUT2D eigenvalue weighted by Gasteiger charge is -2.23. The van der Waals surface area contributed by atoms with Crippen molar-refractivity contribution < 1.29 is 4.42 Å². The zero-order valence-electron chi connectivity index (χ0n) is 20.3. The Morgan fingerprint density at radius 1 is 0.781 bits per heavy atom. The molecular weight excluding hydrogens is 392 g/mol. The molecule has 0 saturated carbocycles. The molecule has 0 radical (unpaired) electrons. The molecule has 166 valence electrons. The smallest absolute Gasteiger partial charge is 0.203 e. The van der Waals surface area contributed by atoms with Gasteiger partial charge in [0.25, 0.3) is 0 Å². The van der Waals surface area contributed by atoms with Crippen LogP contribution in [-0.2, 0) is 0 Å². The maximum Gasteiger partial charge on any atom is 0.203 e. The number of fused-ring (bicyclic) bond motifs is 2. The average molecular weight is 428 g/mol. The topological polar surface area (TPSA) is 19.4 Å². The lowest BCUT2D eigenvalue weighted by molar-refractivity contribution is 0.604. The molecule has 4 rings (SSSR count). The highest BCUT2D eigenvalue weighted by molar-refractivity contribution is 6.03. The fourth-order valence-electron chi connectivity index (χ4n) is 4.92. The molecule has 0 N–H and O–H groups in total. The predicted molar refractivity (Wildman–Crippen MR) is 138 cm³/mol. The first-order valence-electron chi connectivity index (χ1n) is 11.9. The van der Waals surface area contributed by atoms with Crippen molar-refractivity contribution in [2.45, 2.75) is 41.5 Å². The van der Waals surface area contributed by atoms with Crippen LogP contribution in [0.1, 0.15) is 38.8 Å². The summed E-state index contributed by atoms with van der Waals surface area (Å²) in [5.74, 6) is 0.941. The van der Waals surface area contributed by atoms with Gasteiger partial charge in [0.05, 0.1) is 6.07 Å².